The number of carbonyl (C=O) groups excluding carboxylic acids is 6. The van der Waals surface area contributed by atoms with Gasteiger partial charge < -0.3 is 61.6 Å². The summed E-state index contributed by atoms with van der Waals surface area (Å²) in [6, 6.07) is 16.0. The van der Waals surface area contributed by atoms with E-state index in [9.17, 15) is 55.1 Å². The van der Waals surface area contributed by atoms with Gasteiger partial charge in [0.15, 0.2) is 0 Å². The first-order valence-electron chi connectivity index (χ1n) is 32.0. The van der Waals surface area contributed by atoms with Gasteiger partial charge in [-0.25, -0.2) is 9.59 Å². The molecule has 7 rings (SSSR count). The Morgan fingerprint density at radius 2 is 1.31 bits per heavy atom. The number of amides is 8. The van der Waals surface area contributed by atoms with Gasteiger partial charge in [0.25, 0.3) is 5.91 Å². The second-order valence-electron chi connectivity index (χ2n) is 24.9. The minimum atomic E-state index is -4.56. The van der Waals surface area contributed by atoms with Crippen molar-refractivity contribution >= 4 is 52.8 Å². The van der Waals surface area contributed by atoms with Gasteiger partial charge in [0.1, 0.15) is 6.23 Å². The third-order valence-corrected chi connectivity index (χ3v) is 17.2. The molecule has 0 aromatic heterocycles. The lowest BCUT2D eigenvalue weighted by atomic mass is 10.0. The highest BCUT2D eigenvalue weighted by Gasteiger charge is 2.39. The minimum absolute atomic E-state index is 0.000376. The zero-order valence-corrected chi connectivity index (χ0v) is 52.8. The molecule has 500 valence electrons. The number of likely N-dealkylation sites (tertiary alicyclic amines) is 1. The minimum Gasteiger partial charge on any atom is -0.378 e. The smallest absolute Gasteiger partial charge is 0.378 e. The standard InChI is InChI=1S/C66H92F6N12O7/c1-46-53(77-62(89)75-46)26-7-6-10-30-58(74-35-14-16-37-82(4)39-20-32-60(87)84-43-52(51-25-11-12-28-56(51)84)61(88)76-49-23-17-21-47(41-49)65(67,68)69)91-44-55-54(78-63(90)79-55)27-8-5-9-29-57(85)73-34-13-15-36-81(3)38-19-31-59(86)83-40-33-64(2,45-83)80-50-24-18-22-48(42-50)66(70,71)72/h11-12,17-25,28,31-32,41-42,46,52-55,58,74,80H,5-10,13-16,26-27,29-30,33-40,43-45H2,1-4H3,(H,73,85)(H,76,88)(H2,75,77,89)(H2,78,79,90)/b31-19+,32-20+/t46-,52?,53+,54+,55-,58?,64?/m0/s1. The molecule has 0 spiro atoms. The Hall–Kier alpha value is -7.22. The van der Waals surface area contributed by atoms with Crippen molar-refractivity contribution in [2.45, 2.75) is 164 Å². The maximum Gasteiger partial charge on any atom is 0.416 e. The number of rotatable bonds is 36. The van der Waals surface area contributed by atoms with E-state index in [1.165, 1.54) is 29.2 Å². The Kier molecular flexibility index (Phi) is 27.0. The first kappa shape index (κ1) is 71.2. The van der Waals surface area contributed by atoms with Gasteiger partial charge in [0.05, 0.1) is 47.3 Å². The summed E-state index contributed by atoms with van der Waals surface area (Å²) >= 11 is 0. The van der Waals surface area contributed by atoms with Gasteiger partial charge >= 0.3 is 24.4 Å². The number of benzene rings is 3. The van der Waals surface area contributed by atoms with Crippen molar-refractivity contribution in [3.05, 3.63) is 114 Å². The molecule has 3 aromatic rings. The summed E-state index contributed by atoms with van der Waals surface area (Å²) in [4.78, 5) is 84.3. The monoisotopic (exact) mass is 1280 g/mol. The molecule has 4 aliphatic heterocycles. The highest BCUT2D eigenvalue weighted by atomic mass is 19.4. The van der Waals surface area contributed by atoms with Crippen LogP contribution in [0.4, 0.5) is 53.0 Å². The van der Waals surface area contributed by atoms with Crippen LogP contribution in [0.3, 0.4) is 0 Å². The van der Waals surface area contributed by atoms with Gasteiger partial charge in [0.2, 0.25) is 17.7 Å². The topological polar surface area (TPSA) is 221 Å². The average Bonchev–Trinajstić information content (AvgIpc) is 1.69. The van der Waals surface area contributed by atoms with Crippen LogP contribution in [0, 0.1) is 0 Å². The second-order valence-corrected chi connectivity index (χ2v) is 24.9. The highest BCUT2D eigenvalue weighted by Crippen LogP contribution is 2.38. The van der Waals surface area contributed by atoms with Gasteiger partial charge in [-0.15, -0.1) is 0 Å². The number of para-hydroxylation sites is 1. The second kappa shape index (κ2) is 34.4. The Labute approximate surface area is 530 Å². The fraction of sp³-hybridized carbons (Fsp3) is 0.576. The van der Waals surface area contributed by atoms with Crippen LogP contribution >= 0.6 is 0 Å². The van der Waals surface area contributed by atoms with Crippen LogP contribution in [-0.2, 0) is 36.3 Å². The first-order chi connectivity index (χ1) is 43.4. The van der Waals surface area contributed by atoms with Gasteiger partial charge in [-0.3, -0.25) is 24.5 Å². The fourth-order valence-electron chi connectivity index (χ4n) is 12.0. The number of hydrogen-bond acceptors (Lipinski definition) is 11. The zero-order chi connectivity index (χ0) is 65.6. The van der Waals surface area contributed by atoms with E-state index in [4.69, 9.17) is 4.74 Å². The van der Waals surface area contributed by atoms with Crippen molar-refractivity contribution in [2.24, 2.45) is 0 Å². The van der Waals surface area contributed by atoms with Crippen LogP contribution in [0.2, 0.25) is 0 Å². The third-order valence-electron chi connectivity index (χ3n) is 17.2. The number of likely N-dealkylation sites (N-methyl/N-ethyl adjacent to an activating group) is 2. The molecule has 0 saturated carbocycles. The van der Waals surface area contributed by atoms with Crippen molar-refractivity contribution < 1.29 is 59.8 Å². The molecule has 19 nitrogen and oxygen atoms in total. The lowest BCUT2D eigenvalue weighted by Gasteiger charge is -2.27. The molecule has 4 aliphatic rings. The van der Waals surface area contributed by atoms with Crippen molar-refractivity contribution in [2.75, 3.05) is 95.1 Å². The molecule has 91 heavy (non-hydrogen) atoms. The van der Waals surface area contributed by atoms with E-state index in [0.29, 0.717) is 75.7 Å². The molecular formula is C66H92F6N12O7. The first-order valence-corrected chi connectivity index (χ1v) is 32.0. The summed E-state index contributed by atoms with van der Waals surface area (Å²) in [5.41, 5.74) is -0.588. The highest BCUT2D eigenvalue weighted by molar-refractivity contribution is 6.07. The Morgan fingerprint density at radius 3 is 1.99 bits per heavy atom. The summed E-state index contributed by atoms with van der Waals surface area (Å²) in [5, 5.41) is 24.4. The molecule has 25 heteroatoms. The normalized spacial score (nSPS) is 21.1. The molecule has 3 aromatic carbocycles. The number of alkyl halides is 6. The summed E-state index contributed by atoms with van der Waals surface area (Å²) in [7, 11) is 3.93. The summed E-state index contributed by atoms with van der Waals surface area (Å²) in [6.07, 6.45) is 9.28. The van der Waals surface area contributed by atoms with Crippen LogP contribution in [0.15, 0.2) is 97.1 Å². The SMILES string of the molecule is C[C@@H]1NC(=O)N[C@@H]1CCCCCC(NCCCCN(C)C/C=C/C(=O)N1CC(C(=O)Nc2cccc(C(F)(F)F)c2)c2ccccc21)OC[C@@H]1NC(=O)N[C@@H]1CCCCCC(=O)NCCCCN(C)C/C=C/C(=O)N1CCC(C)(Nc2cccc(C(F)(F)F)c2)C1. The lowest BCUT2D eigenvalue weighted by molar-refractivity contribution is -0.138. The molecule has 8 N–H and O–H groups in total. The van der Waals surface area contributed by atoms with Crippen LogP contribution in [0.25, 0.3) is 0 Å². The molecular weight excluding hydrogens is 1190 g/mol. The van der Waals surface area contributed by atoms with Crippen molar-refractivity contribution in [3.8, 4) is 0 Å². The predicted molar refractivity (Wildman–Crippen MR) is 339 cm³/mol. The summed E-state index contributed by atoms with van der Waals surface area (Å²) < 4.78 is 86.2. The van der Waals surface area contributed by atoms with E-state index in [0.717, 1.165) is 121 Å². The van der Waals surface area contributed by atoms with E-state index in [1.54, 1.807) is 47.4 Å². The molecule has 3 unspecified atom stereocenters. The Balaban J connectivity index is 0.752. The van der Waals surface area contributed by atoms with Crippen molar-refractivity contribution in [3.63, 3.8) is 0 Å². The van der Waals surface area contributed by atoms with E-state index in [-0.39, 0.29) is 72.4 Å². The molecule has 0 aliphatic carbocycles. The Morgan fingerprint density at radius 1 is 0.703 bits per heavy atom. The van der Waals surface area contributed by atoms with Gasteiger partial charge in [-0.2, -0.15) is 26.3 Å². The van der Waals surface area contributed by atoms with E-state index < -0.39 is 40.8 Å². The maximum absolute atomic E-state index is 13.5. The Bertz CT molecular complexity index is 2950. The largest absolute Gasteiger partial charge is 0.416 e. The number of ether oxygens (including phenoxy) is 1. The van der Waals surface area contributed by atoms with Crippen molar-refractivity contribution in [1.82, 2.24) is 46.6 Å². The number of carbonyl (C=O) groups is 6. The van der Waals surface area contributed by atoms with Gasteiger partial charge in [-0.05, 0) is 160 Å². The van der Waals surface area contributed by atoms with Crippen LogP contribution in [0.1, 0.15) is 133 Å². The number of urea groups is 2. The molecule has 0 bridgehead atoms. The van der Waals surface area contributed by atoms with Crippen LogP contribution in [-0.4, -0.2) is 166 Å². The van der Waals surface area contributed by atoms with E-state index in [1.807, 2.05) is 34.0 Å². The molecule has 3 saturated heterocycles. The number of halogens is 6. The van der Waals surface area contributed by atoms with Crippen LogP contribution in [0.5, 0.6) is 0 Å². The fourth-order valence-corrected chi connectivity index (χ4v) is 12.0. The van der Waals surface area contributed by atoms with Gasteiger partial charge in [-0.1, -0.05) is 68.2 Å². The molecule has 7 atom stereocenters. The van der Waals surface area contributed by atoms with E-state index in [2.05, 4.69) is 52.3 Å². The number of anilines is 3. The van der Waals surface area contributed by atoms with E-state index >= 15 is 0 Å². The number of fused-ring (bicyclic) bond motifs is 1. The zero-order valence-electron chi connectivity index (χ0n) is 52.8. The van der Waals surface area contributed by atoms with Crippen LogP contribution < -0.4 is 47.4 Å². The van der Waals surface area contributed by atoms with Gasteiger partial charge in [0, 0.05) is 80.9 Å². The number of unbranched alkanes of at least 4 members (excludes halogenated alkanes) is 6. The molecule has 0 radical (unpaired) electrons. The molecule has 3 fully saturated rings. The quantitative estimate of drug-likeness (QED) is 0.0119. The number of nitrogens with zero attached hydrogens (tertiary/aromatic N) is 4. The maximum atomic E-state index is 13.5. The average molecular weight is 1280 g/mol. The number of hydrogen-bond donors (Lipinski definition) is 8. The summed E-state index contributed by atoms with van der Waals surface area (Å²) in [6.45, 7) is 8.96. The molecule has 8 amide bonds. The predicted octanol–water partition coefficient (Wildman–Crippen LogP) is 9.50. The van der Waals surface area contributed by atoms with Crippen molar-refractivity contribution in [1.29, 1.82) is 0 Å². The lowest BCUT2D eigenvalue weighted by Crippen LogP contribution is -2.42. The summed E-state index contributed by atoms with van der Waals surface area (Å²) in [5.74, 6) is -1.74. The molecule has 4 heterocycles. The number of nitrogens with one attached hydrogen (secondary N) is 8. The third kappa shape index (κ3) is 23.1.